The first-order chi connectivity index (χ1) is 11.2. The second-order valence-corrected chi connectivity index (χ2v) is 6.10. The number of aryl methyl sites for hydroxylation is 1. The standard InChI is InChI=1S/C16H12N4O2S/c1-9-3-5-10(6-4-9)20-8-19-12-11-14(22-2)17-7-18-15(11)23-13(12)16(20)21/h3-8H,1-2H3. The molecule has 0 bridgehead atoms. The van der Waals surface area contributed by atoms with Gasteiger partial charge >= 0.3 is 0 Å². The molecule has 0 unspecified atom stereocenters. The minimum Gasteiger partial charge on any atom is -0.480 e. The van der Waals surface area contributed by atoms with Gasteiger partial charge in [0.15, 0.2) is 0 Å². The summed E-state index contributed by atoms with van der Waals surface area (Å²) in [5.74, 6) is 0.432. The monoisotopic (exact) mass is 324 g/mol. The van der Waals surface area contributed by atoms with Crippen molar-refractivity contribution in [2.24, 2.45) is 0 Å². The third-order valence-corrected chi connectivity index (χ3v) is 4.72. The van der Waals surface area contributed by atoms with Gasteiger partial charge in [-0.3, -0.25) is 9.36 Å². The summed E-state index contributed by atoms with van der Waals surface area (Å²) in [7, 11) is 1.54. The molecule has 7 heteroatoms. The zero-order chi connectivity index (χ0) is 16.0. The summed E-state index contributed by atoms with van der Waals surface area (Å²) in [4.78, 5) is 26.3. The van der Waals surface area contributed by atoms with E-state index in [0.29, 0.717) is 26.3 Å². The molecule has 3 heterocycles. The lowest BCUT2D eigenvalue weighted by Gasteiger charge is -2.05. The zero-order valence-corrected chi connectivity index (χ0v) is 13.3. The Kier molecular flexibility index (Phi) is 3.09. The molecule has 4 rings (SSSR count). The number of thiophene rings is 1. The van der Waals surface area contributed by atoms with Crippen molar-refractivity contribution in [3.8, 4) is 11.6 Å². The molecule has 23 heavy (non-hydrogen) atoms. The van der Waals surface area contributed by atoms with Gasteiger partial charge in [-0.2, -0.15) is 0 Å². The molecule has 4 aromatic rings. The van der Waals surface area contributed by atoms with Crippen LogP contribution in [-0.2, 0) is 0 Å². The summed E-state index contributed by atoms with van der Waals surface area (Å²) >= 11 is 1.30. The summed E-state index contributed by atoms with van der Waals surface area (Å²) in [5.41, 5.74) is 2.38. The molecule has 0 aliphatic heterocycles. The summed E-state index contributed by atoms with van der Waals surface area (Å²) < 4.78 is 7.35. The van der Waals surface area contributed by atoms with Crippen LogP contribution in [0.2, 0.25) is 0 Å². The van der Waals surface area contributed by atoms with E-state index in [-0.39, 0.29) is 5.56 Å². The SMILES string of the molecule is COc1ncnc2sc3c(=O)n(-c4ccc(C)cc4)cnc3c12. The van der Waals surface area contributed by atoms with E-state index in [4.69, 9.17) is 4.74 Å². The fourth-order valence-corrected chi connectivity index (χ4v) is 3.50. The second-order valence-electron chi connectivity index (χ2n) is 5.10. The molecule has 0 amide bonds. The number of methoxy groups -OCH3 is 1. The Labute approximate surface area is 135 Å². The van der Waals surface area contributed by atoms with Crippen molar-refractivity contribution in [3.05, 3.63) is 52.8 Å². The Balaban J connectivity index is 2.04. The van der Waals surface area contributed by atoms with E-state index in [2.05, 4.69) is 15.0 Å². The maximum absolute atomic E-state index is 12.8. The van der Waals surface area contributed by atoms with Gasteiger partial charge in [0.05, 0.1) is 12.8 Å². The largest absolute Gasteiger partial charge is 0.480 e. The van der Waals surface area contributed by atoms with E-state index in [1.807, 2.05) is 31.2 Å². The number of hydrogen-bond donors (Lipinski definition) is 0. The van der Waals surface area contributed by atoms with Crippen molar-refractivity contribution in [1.29, 1.82) is 0 Å². The van der Waals surface area contributed by atoms with Crippen LogP contribution in [-0.4, -0.2) is 26.6 Å². The zero-order valence-electron chi connectivity index (χ0n) is 12.5. The third-order valence-electron chi connectivity index (χ3n) is 3.65. The van der Waals surface area contributed by atoms with Crippen molar-refractivity contribution in [2.75, 3.05) is 7.11 Å². The van der Waals surface area contributed by atoms with Crippen LogP contribution in [0, 0.1) is 6.92 Å². The van der Waals surface area contributed by atoms with E-state index in [1.165, 1.54) is 28.6 Å². The van der Waals surface area contributed by atoms with Crippen molar-refractivity contribution >= 4 is 31.8 Å². The average molecular weight is 324 g/mol. The predicted octanol–water partition coefficient (Wildman–Crippen LogP) is 2.71. The normalized spacial score (nSPS) is 11.2. The highest BCUT2D eigenvalue weighted by Gasteiger charge is 2.17. The number of nitrogens with zero attached hydrogens (tertiary/aromatic N) is 4. The molecule has 0 saturated heterocycles. The molecule has 1 aromatic carbocycles. The van der Waals surface area contributed by atoms with Crippen molar-refractivity contribution in [1.82, 2.24) is 19.5 Å². The highest BCUT2D eigenvalue weighted by molar-refractivity contribution is 7.25. The maximum Gasteiger partial charge on any atom is 0.275 e. The van der Waals surface area contributed by atoms with Crippen molar-refractivity contribution < 1.29 is 4.74 Å². The van der Waals surface area contributed by atoms with Gasteiger partial charge in [0.25, 0.3) is 5.56 Å². The smallest absolute Gasteiger partial charge is 0.275 e. The molecule has 0 radical (unpaired) electrons. The van der Waals surface area contributed by atoms with E-state index in [9.17, 15) is 4.79 Å². The van der Waals surface area contributed by atoms with E-state index in [1.54, 1.807) is 7.11 Å². The lowest BCUT2D eigenvalue weighted by atomic mass is 10.2. The fraction of sp³-hybridized carbons (Fsp3) is 0.125. The molecule has 0 aliphatic rings. The van der Waals surface area contributed by atoms with Crippen LogP contribution in [0.5, 0.6) is 5.88 Å². The molecule has 0 fully saturated rings. The Morgan fingerprint density at radius 2 is 1.91 bits per heavy atom. The van der Waals surface area contributed by atoms with Crippen LogP contribution >= 0.6 is 11.3 Å². The fourth-order valence-electron chi connectivity index (χ4n) is 2.48. The summed E-state index contributed by atoms with van der Waals surface area (Å²) in [6.45, 7) is 2.00. The van der Waals surface area contributed by atoms with Gasteiger partial charge in [0.1, 0.15) is 33.1 Å². The molecular formula is C16H12N4O2S. The number of aromatic nitrogens is 4. The van der Waals surface area contributed by atoms with Crippen LogP contribution in [0.4, 0.5) is 0 Å². The van der Waals surface area contributed by atoms with Gasteiger partial charge < -0.3 is 4.74 Å². The Morgan fingerprint density at radius 1 is 1.13 bits per heavy atom. The van der Waals surface area contributed by atoms with Gasteiger partial charge in [0.2, 0.25) is 5.88 Å². The van der Waals surface area contributed by atoms with Gasteiger partial charge in [-0.15, -0.1) is 11.3 Å². The summed E-state index contributed by atoms with van der Waals surface area (Å²) in [6, 6.07) is 7.73. The first-order valence-electron chi connectivity index (χ1n) is 6.95. The second kappa shape index (κ2) is 5.13. The minimum atomic E-state index is -0.121. The van der Waals surface area contributed by atoms with E-state index >= 15 is 0 Å². The topological polar surface area (TPSA) is 69.9 Å². The molecule has 0 aliphatic carbocycles. The molecule has 0 saturated carbocycles. The number of fused-ring (bicyclic) bond motifs is 3. The van der Waals surface area contributed by atoms with Crippen molar-refractivity contribution in [2.45, 2.75) is 6.92 Å². The molecule has 0 atom stereocenters. The first-order valence-corrected chi connectivity index (χ1v) is 7.76. The van der Waals surface area contributed by atoms with Gasteiger partial charge in [0, 0.05) is 0 Å². The quantitative estimate of drug-likeness (QED) is 0.567. The average Bonchev–Trinajstić information content (AvgIpc) is 2.96. The number of benzene rings is 1. The first kappa shape index (κ1) is 13.8. The summed E-state index contributed by atoms with van der Waals surface area (Å²) in [5, 5.41) is 0.683. The predicted molar refractivity (Wildman–Crippen MR) is 89.6 cm³/mol. The minimum absolute atomic E-state index is 0.121. The maximum atomic E-state index is 12.8. The highest BCUT2D eigenvalue weighted by Crippen LogP contribution is 2.33. The summed E-state index contributed by atoms with van der Waals surface area (Å²) in [6.07, 6.45) is 2.96. The van der Waals surface area contributed by atoms with E-state index in [0.717, 1.165) is 11.3 Å². The Hall–Kier alpha value is -2.80. The molecule has 3 aromatic heterocycles. The van der Waals surface area contributed by atoms with Gasteiger partial charge in [-0.25, -0.2) is 15.0 Å². The van der Waals surface area contributed by atoms with Gasteiger partial charge in [-0.05, 0) is 19.1 Å². The number of rotatable bonds is 2. The molecule has 114 valence electrons. The molecule has 6 nitrogen and oxygen atoms in total. The number of ether oxygens (including phenoxy) is 1. The van der Waals surface area contributed by atoms with Crippen LogP contribution in [0.1, 0.15) is 5.56 Å². The Morgan fingerprint density at radius 3 is 2.65 bits per heavy atom. The lowest BCUT2D eigenvalue weighted by Crippen LogP contribution is -2.17. The highest BCUT2D eigenvalue weighted by atomic mass is 32.1. The van der Waals surface area contributed by atoms with Crippen LogP contribution in [0.15, 0.2) is 41.7 Å². The Bertz CT molecular complexity index is 1080. The van der Waals surface area contributed by atoms with Crippen molar-refractivity contribution in [3.63, 3.8) is 0 Å². The molecule has 0 spiro atoms. The van der Waals surface area contributed by atoms with Gasteiger partial charge in [-0.1, -0.05) is 17.7 Å². The third kappa shape index (κ3) is 2.08. The van der Waals surface area contributed by atoms with Crippen LogP contribution in [0.25, 0.3) is 26.1 Å². The molecular weight excluding hydrogens is 312 g/mol. The van der Waals surface area contributed by atoms with Crippen LogP contribution < -0.4 is 10.3 Å². The molecule has 0 N–H and O–H groups in total. The van der Waals surface area contributed by atoms with E-state index < -0.39 is 0 Å². The van der Waals surface area contributed by atoms with Crippen LogP contribution in [0.3, 0.4) is 0 Å². The number of hydrogen-bond acceptors (Lipinski definition) is 6. The lowest BCUT2D eigenvalue weighted by molar-refractivity contribution is 0.403.